The fourth-order valence-corrected chi connectivity index (χ4v) is 7.84. The first-order valence-electron chi connectivity index (χ1n) is 12.6. The highest BCUT2D eigenvalue weighted by Crippen LogP contribution is 2.57. The summed E-state index contributed by atoms with van der Waals surface area (Å²) in [4.78, 5) is 41.9. The zero-order valence-corrected chi connectivity index (χ0v) is 26.5. The molecular formula is C20H24FN9O9P2S3. The molecule has 8 atom stereocenters. The molecule has 1 unspecified atom stereocenters. The average Bonchev–Trinajstić information content (AvgIpc) is 3.71. The van der Waals surface area contributed by atoms with E-state index in [1.807, 2.05) is 0 Å². The van der Waals surface area contributed by atoms with Crippen LogP contribution in [0.3, 0.4) is 0 Å². The van der Waals surface area contributed by atoms with E-state index in [4.69, 9.17) is 34.5 Å². The third-order valence-electron chi connectivity index (χ3n) is 6.74. The molecule has 4 aromatic rings. The number of halogens is 1. The van der Waals surface area contributed by atoms with Crippen molar-refractivity contribution in [3.05, 3.63) is 28.6 Å². The number of fused-ring (bicyclic) bond motifs is 2. The van der Waals surface area contributed by atoms with Crippen LogP contribution in [0.15, 0.2) is 23.8 Å². The van der Waals surface area contributed by atoms with Crippen molar-refractivity contribution >= 4 is 82.6 Å². The molecule has 2 aliphatic rings. The van der Waals surface area contributed by atoms with Gasteiger partial charge in [-0.15, -0.1) is 0 Å². The van der Waals surface area contributed by atoms with E-state index in [2.05, 4.69) is 49.4 Å². The molecule has 0 saturated carbocycles. The van der Waals surface area contributed by atoms with Gasteiger partial charge in [-0.2, -0.15) is 0 Å². The van der Waals surface area contributed by atoms with E-state index in [9.17, 15) is 18.8 Å². The van der Waals surface area contributed by atoms with E-state index in [1.165, 1.54) is 17.2 Å². The van der Waals surface area contributed by atoms with Crippen LogP contribution < -0.4 is 16.3 Å². The Labute approximate surface area is 260 Å². The standard InChI is InChI=1S/C20H24FN9O9P2S3/c21-10-1-8(37-18(10)29-7-28-12-14(22)24-5-26-16(12)29)4-36-41(34,43)39-11-2-9(3-35-40(32,33)42)38-19(11)30-17-13(44-20(30)31)15(23)25-6-27-17/h5-11,18-19H,1-4H2,(H,34,43)(H2,22,24,26)(H2,23,25,27)(H2,32,33,42)/t8?,9-,10+,11+,18+,19+,41-/m0/s1. The minimum Gasteiger partial charge on any atom is -0.382 e. The SMILES string of the molecule is Nc1ncnc2c1ncn2[C@@H]1OC(CO[P@](=O)(S)O[C@@H]2C[C@@H](CO[P@@](=O)(O)S)O[C@H]2n2c(=O)sc3c(N)ncnc32)C[C@H]1F. The highest BCUT2D eigenvalue weighted by Gasteiger charge is 2.44. The molecule has 2 aliphatic heterocycles. The van der Waals surface area contributed by atoms with Gasteiger partial charge >= 0.3 is 18.5 Å². The molecule has 0 radical (unpaired) electrons. The molecule has 18 nitrogen and oxygen atoms in total. The number of rotatable bonds is 10. The van der Waals surface area contributed by atoms with Gasteiger partial charge in [-0.25, -0.2) is 38.4 Å². The molecule has 4 aromatic heterocycles. The van der Waals surface area contributed by atoms with Crippen LogP contribution >= 0.6 is 49.4 Å². The Hall–Kier alpha value is -2.23. The van der Waals surface area contributed by atoms with Crippen molar-refractivity contribution in [3.63, 3.8) is 0 Å². The van der Waals surface area contributed by atoms with Crippen molar-refractivity contribution in [2.45, 2.75) is 49.8 Å². The predicted molar refractivity (Wildman–Crippen MR) is 160 cm³/mol. The summed E-state index contributed by atoms with van der Waals surface area (Å²) in [6, 6.07) is 0. The maximum absolute atomic E-state index is 15.0. The van der Waals surface area contributed by atoms with Crippen molar-refractivity contribution in [1.29, 1.82) is 0 Å². The zero-order valence-electron chi connectivity index (χ0n) is 22.1. The van der Waals surface area contributed by atoms with Crippen LogP contribution in [0.5, 0.6) is 0 Å². The van der Waals surface area contributed by atoms with Gasteiger partial charge in [0, 0.05) is 12.8 Å². The highest BCUT2D eigenvalue weighted by atomic mass is 32.7. The fourth-order valence-electron chi connectivity index (χ4n) is 4.91. The lowest BCUT2D eigenvalue weighted by atomic mass is 10.2. The van der Waals surface area contributed by atoms with E-state index in [-0.39, 0.29) is 52.6 Å². The van der Waals surface area contributed by atoms with Crippen LogP contribution in [0.4, 0.5) is 16.0 Å². The molecule has 238 valence electrons. The third-order valence-corrected chi connectivity index (χ3v) is 10.2. The first-order valence-corrected chi connectivity index (χ1v) is 18.9. The second-order valence-corrected chi connectivity index (χ2v) is 16.3. The Balaban J connectivity index is 1.17. The number of hydrogen-bond acceptors (Lipinski definition) is 16. The summed E-state index contributed by atoms with van der Waals surface area (Å²) in [6.07, 6.45) is -3.22. The number of thiol groups is 2. The number of anilines is 2. The Morgan fingerprint density at radius 2 is 1.66 bits per heavy atom. The number of hydrogen-bond donors (Lipinski definition) is 5. The van der Waals surface area contributed by atoms with Gasteiger partial charge in [-0.05, 0) is 0 Å². The van der Waals surface area contributed by atoms with Crippen molar-refractivity contribution in [1.82, 2.24) is 34.1 Å². The highest BCUT2D eigenvalue weighted by molar-refractivity contribution is 8.44. The fraction of sp³-hybridized carbons (Fsp3) is 0.500. The van der Waals surface area contributed by atoms with Gasteiger partial charge in [0.25, 0.3) is 0 Å². The number of nitrogen functional groups attached to an aromatic ring is 2. The second kappa shape index (κ2) is 12.2. The topological polar surface area (TPSA) is 244 Å². The summed E-state index contributed by atoms with van der Waals surface area (Å²) >= 11 is 8.33. The van der Waals surface area contributed by atoms with Crippen molar-refractivity contribution < 1.29 is 41.5 Å². The van der Waals surface area contributed by atoms with Crippen LogP contribution in [0.1, 0.15) is 25.3 Å². The molecule has 2 fully saturated rings. The van der Waals surface area contributed by atoms with E-state index in [0.29, 0.717) is 0 Å². The third kappa shape index (κ3) is 6.52. The molecule has 0 aliphatic carbocycles. The average molecular weight is 712 g/mol. The molecule has 6 heterocycles. The summed E-state index contributed by atoms with van der Waals surface area (Å²) in [5.41, 5.74) is 12.4. The smallest absolute Gasteiger partial charge is 0.382 e. The van der Waals surface area contributed by atoms with E-state index < -0.39 is 62.0 Å². The minimum absolute atomic E-state index is 0.0614. The molecule has 0 amide bonds. The van der Waals surface area contributed by atoms with Crippen molar-refractivity contribution in [2.24, 2.45) is 0 Å². The Morgan fingerprint density at radius 3 is 2.41 bits per heavy atom. The zero-order chi connectivity index (χ0) is 31.4. The summed E-state index contributed by atoms with van der Waals surface area (Å²) in [5.74, 6) is 0.189. The van der Waals surface area contributed by atoms with Gasteiger partial charge in [-0.1, -0.05) is 35.8 Å². The Kier molecular flexibility index (Phi) is 8.78. The first-order chi connectivity index (χ1) is 20.8. The maximum Gasteiger partial charge on any atom is 0.386 e. The Bertz CT molecular complexity index is 1860. The number of alkyl halides is 1. The number of nitrogens with two attached hydrogens (primary N) is 2. The van der Waals surface area contributed by atoms with Crippen molar-refractivity contribution in [2.75, 3.05) is 24.7 Å². The molecule has 0 aromatic carbocycles. The molecular weight excluding hydrogens is 687 g/mol. The van der Waals surface area contributed by atoms with Gasteiger partial charge < -0.3 is 25.8 Å². The summed E-state index contributed by atoms with van der Waals surface area (Å²) in [7, 11) is 0. The molecule has 24 heteroatoms. The number of nitrogens with zero attached hydrogens (tertiary/aromatic N) is 7. The van der Waals surface area contributed by atoms with Gasteiger partial charge in [0.1, 0.15) is 41.0 Å². The molecule has 0 bridgehead atoms. The van der Waals surface area contributed by atoms with Crippen LogP contribution in [-0.2, 0) is 32.2 Å². The van der Waals surface area contributed by atoms with Gasteiger partial charge in [0.2, 0.25) is 0 Å². The number of ether oxygens (including phenoxy) is 2. The molecule has 6 rings (SSSR count). The van der Waals surface area contributed by atoms with Crippen LogP contribution in [0, 0.1) is 0 Å². The molecule has 0 spiro atoms. The lowest BCUT2D eigenvalue weighted by Crippen LogP contribution is -2.28. The van der Waals surface area contributed by atoms with Gasteiger partial charge in [0.05, 0.1) is 31.7 Å². The minimum atomic E-state index is -4.22. The predicted octanol–water partition coefficient (Wildman–Crippen LogP) is 2.26. The monoisotopic (exact) mass is 711 g/mol. The quantitative estimate of drug-likeness (QED) is 0.117. The van der Waals surface area contributed by atoms with Gasteiger partial charge in [-0.3, -0.25) is 27.5 Å². The second-order valence-electron chi connectivity index (χ2n) is 9.71. The summed E-state index contributed by atoms with van der Waals surface area (Å²) < 4.78 is 70.6. The van der Waals surface area contributed by atoms with E-state index >= 15 is 4.39 Å². The number of thiazole rings is 1. The molecule has 2 saturated heterocycles. The number of aromatic nitrogens is 7. The number of imidazole rings is 1. The summed E-state index contributed by atoms with van der Waals surface area (Å²) in [5, 5.41) is 0. The lowest BCUT2D eigenvalue weighted by molar-refractivity contribution is -0.0476. The lowest BCUT2D eigenvalue weighted by Gasteiger charge is -2.23. The Morgan fingerprint density at radius 1 is 1.00 bits per heavy atom. The maximum atomic E-state index is 15.0. The van der Waals surface area contributed by atoms with Crippen LogP contribution in [-0.4, -0.2) is 76.6 Å². The molecule has 5 N–H and O–H groups in total. The summed E-state index contributed by atoms with van der Waals surface area (Å²) in [6.45, 7) is -9.16. The largest absolute Gasteiger partial charge is 0.386 e. The van der Waals surface area contributed by atoms with Gasteiger partial charge in [0.15, 0.2) is 29.6 Å². The van der Waals surface area contributed by atoms with Crippen molar-refractivity contribution in [3.8, 4) is 0 Å². The first kappa shape index (κ1) is 31.7. The van der Waals surface area contributed by atoms with E-state index in [0.717, 1.165) is 22.2 Å². The van der Waals surface area contributed by atoms with E-state index in [1.54, 1.807) is 0 Å². The normalized spacial score (nSPS) is 28.5. The molecule has 44 heavy (non-hydrogen) atoms. The van der Waals surface area contributed by atoms with Crippen LogP contribution in [0.2, 0.25) is 0 Å². The van der Waals surface area contributed by atoms with Crippen LogP contribution in [0.25, 0.3) is 21.5 Å².